The van der Waals surface area contributed by atoms with Gasteiger partial charge in [-0.3, -0.25) is 4.68 Å². The predicted octanol–water partition coefficient (Wildman–Crippen LogP) is 3.45. The van der Waals surface area contributed by atoms with Gasteiger partial charge in [-0.2, -0.15) is 5.10 Å². The van der Waals surface area contributed by atoms with Gasteiger partial charge in [0.05, 0.1) is 16.4 Å². The Morgan fingerprint density at radius 1 is 1.24 bits per heavy atom. The van der Waals surface area contributed by atoms with Crippen LogP contribution in [0.15, 0.2) is 24.3 Å². The summed E-state index contributed by atoms with van der Waals surface area (Å²) in [6.07, 6.45) is 3.05. The molecule has 2 rings (SSSR count). The van der Waals surface area contributed by atoms with E-state index in [0.29, 0.717) is 6.04 Å². The van der Waals surface area contributed by atoms with Gasteiger partial charge in [-0.1, -0.05) is 41.4 Å². The van der Waals surface area contributed by atoms with Crippen LogP contribution in [0.2, 0.25) is 5.02 Å². The zero-order chi connectivity index (χ0) is 15.4. The van der Waals surface area contributed by atoms with Gasteiger partial charge in [0.25, 0.3) is 0 Å². The van der Waals surface area contributed by atoms with E-state index in [1.165, 1.54) is 11.1 Å². The second-order valence-corrected chi connectivity index (χ2v) is 6.06. The van der Waals surface area contributed by atoms with E-state index in [9.17, 15) is 0 Å². The number of rotatable bonds is 6. The third-order valence-corrected chi connectivity index (χ3v) is 4.50. The van der Waals surface area contributed by atoms with Gasteiger partial charge in [0, 0.05) is 19.5 Å². The fourth-order valence-electron chi connectivity index (χ4n) is 2.58. The highest BCUT2D eigenvalue weighted by Gasteiger charge is 2.16. The van der Waals surface area contributed by atoms with Crippen LogP contribution in [-0.4, -0.2) is 22.9 Å². The number of halogens is 1. The maximum atomic E-state index is 6.34. The van der Waals surface area contributed by atoms with Gasteiger partial charge in [0.1, 0.15) is 0 Å². The maximum absolute atomic E-state index is 6.34. The van der Waals surface area contributed by atoms with E-state index in [4.69, 9.17) is 11.6 Å². The van der Waals surface area contributed by atoms with Crippen LogP contribution in [0.5, 0.6) is 0 Å². The molecule has 0 fully saturated rings. The first-order valence-corrected chi connectivity index (χ1v) is 7.80. The molecule has 0 saturated carbocycles. The van der Waals surface area contributed by atoms with Crippen molar-refractivity contribution in [2.24, 2.45) is 7.05 Å². The summed E-state index contributed by atoms with van der Waals surface area (Å²) >= 11 is 6.34. The van der Waals surface area contributed by atoms with Gasteiger partial charge < -0.3 is 5.32 Å². The van der Waals surface area contributed by atoms with E-state index in [2.05, 4.69) is 41.6 Å². The number of nitrogens with one attached hydrogen (secondary N) is 1. The van der Waals surface area contributed by atoms with Crippen molar-refractivity contribution in [1.29, 1.82) is 0 Å². The quantitative estimate of drug-likeness (QED) is 0.886. The van der Waals surface area contributed by atoms with Gasteiger partial charge in [0.15, 0.2) is 0 Å². The fourth-order valence-corrected chi connectivity index (χ4v) is 2.82. The number of aryl methyl sites for hydroxylation is 4. The van der Waals surface area contributed by atoms with Crippen LogP contribution in [0.1, 0.15) is 28.9 Å². The molecular formula is C17H24ClN3. The largest absolute Gasteiger partial charge is 0.317 e. The molecule has 1 heterocycles. The zero-order valence-corrected chi connectivity index (χ0v) is 14.0. The van der Waals surface area contributed by atoms with Gasteiger partial charge in [-0.25, -0.2) is 0 Å². The molecule has 0 bridgehead atoms. The van der Waals surface area contributed by atoms with Crippen LogP contribution in [0.3, 0.4) is 0 Å². The third kappa shape index (κ3) is 4.08. The van der Waals surface area contributed by atoms with E-state index in [-0.39, 0.29) is 0 Å². The summed E-state index contributed by atoms with van der Waals surface area (Å²) in [6, 6.07) is 9.17. The van der Waals surface area contributed by atoms with E-state index in [1.807, 2.05) is 25.7 Å². The lowest BCUT2D eigenvalue weighted by atomic mass is 10.0. The van der Waals surface area contributed by atoms with Crippen molar-refractivity contribution >= 4 is 11.6 Å². The molecule has 0 aliphatic carbocycles. The minimum absolute atomic E-state index is 0.401. The monoisotopic (exact) mass is 305 g/mol. The molecule has 0 spiro atoms. The molecule has 3 nitrogen and oxygen atoms in total. The Kier molecular flexibility index (Phi) is 5.43. The second kappa shape index (κ2) is 7.10. The SMILES string of the molecule is CNC(CCc1ccc(C)cc1)Cc1c(Cl)c(C)nn1C. The van der Waals surface area contributed by atoms with E-state index in [0.717, 1.165) is 35.7 Å². The van der Waals surface area contributed by atoms with Crippen molar-refractivity contribution in [3.8, 4) is 0 Å². The molecule has 4 heteroatoms. The summed E-state index contributed by atoms with van der Waals surface area (Å²) in [5.41, 5.74) is 4.70. The lowest BCUT2D eigenvalue weighted by molar-refractivity contribution is 0.503. The van der Waals surface area contributed by atoms with Crippen LogP contribution in [0, 0.1) is 13.8 Å². The van der Waals surface area contributed by atoms with Crippen molar-refractivity contribution in [2.45, 2.75) is 39.2 Å². The number of benzene rings is 1. The number of likely N-dealkylation sites (N-methyl/N-ethyl adjacent to an activating group) is 1. The molecule has 0 saturated heterocycles. The normalized spacial score (nSPS) is 12.6. The van der Waals surface area contributed by atoms with Crippen molar-refractivity contribution < 1.29 is 0 Å². The van der Waals surface area contributed by atoms with Crippen molar-refractivity contribution in [1.82, 2.24) is 15.1 Å². The Bertz CT molecular complexity index is 587. The highest BCUT2D eigenvalue weighted by molar-refractivity contribution is 6.31. The van der Waals surface area contributed by atoms with Crippen molar-refractivity contribution in [3.05, 3.63) is 51.8 Å². The van der Waals surface area contributed by atoms with Gasteiger partial charge >= 0.3 is 0 Å². The fraction of sp³-hybridized carbons (Fsp3) is 0.471. The van der Waals surface area contributed by atoms with Gasteiger partial charge in [-0.15, -0.1) is 0 Å². The standard InChI is InChI=1S/C17H24ClN3/c1-12-5-7-14(8-6-12)9-10-15(19-3)11-16-17(18)13(2)20-21(16)4/h5-8,15,19H,9-11H2,1-4H3. The molecule has 1 atom stereocenters. The Labute approximate surface area is 132 Å². The molecule has 1 N–H and O–H groups in total. The molecule has 0 amide bonds. The zero-order valence-electron chi connectivity index (χ0n) is 13.3. The Morgan fingerprint density at radius 3 is 2.43 bits per heavy atom. The summed E-state index contributed by atoms with van der Waals surface area (Å²) in [4.78, 5) is 0. The first-order valence-electron chi connectivity index (χ1n) is 7.42. The number of aromatic nitrogens is 2. The lowest BCUT2D eigenvalue weighted by Crippen LogP contribution is -2.29. The van der Waals surface area contributed by atoms with Crippen LogP contribution in [0.4, 0.5) is 0 Å². The van der Waals surface area contributed by atoms with E-state index < -0.39 is 0 Å². The molecule has 1 unspecified atom stereocenters. The predicted molar refractivity (Wildman–Crippen MR) is 89.0 cm³/mol. The smallest absolute Gasteiger partial charge is 0.0847 e. The lowest BCUT2D eigenvalue weighted by Gasteiger charge is -2.16. The molecule has 0 aliphatic rings. The summed E-state index contributed by atoms with van der Waals surface area (Å²) < 4.78 is 1.90. The molecule has 114 valence electrons. The van der Waals surface area contributed by atoms with Crippen LogP contribution < -0.4 is 5.32 Å². The molecule has 1 aromatic heterocycles. The highest BCUT2D eigenvalue weighted by Crippen LogP contribution is 2.21. The average molecular weight is 306 g/mol. The average Bonchev–Trinajstić information content (AvgIpc) is 2.71. The summed E-state index contributed by atoms with van der Waals surface area (Å²) in [6.45, 7) is 4.07. The molecular weight excluding hydrogens is 282 g/mol. The first kappa shape index (κ1) is 16.1. The number of hydrogen-bond acceptors (Lipinski definition) is 2. The van der Waals surface area contributed by atoms with Crippen LogP contribution >= 0.6 is 11.6 Å². The minimum Gasteiger partial charge on any atom is -0.317 e. The Hall–Kier alpha value is -1.32. The van der Waals surface area contributed by atoms with Gasteiger partial charge in [0.2, 0.25) is 0 Å². The Morgan fingerprint density at radius 2 is 1.90 bits per heavy atom. The first-order chi connectivity index (χ1) is 10.0. The number of nitrogens with zero attached hydrogens (tertiary/aromatic N) is 2. The summed E-state index contributed by atoms with van der Waals surface area (Å²) in [5, 5.41) is 8.58. The molecule has 1 aromatic carbocycles. The van der Waals surface area contributed by atoms with Crippen LogP contribution in [-0.2, 0) is 19.9 Å². The van der Waals surface area contributed by atoms with E-state index >= 15 is 0 Å². The molecule has 0 radical (unpaired) electrons. The topological polar surface area (TPSA) is 29.9 Å². The third-order valence-electron chi connectivity index (χ3n) is 4.01. The van der Waals surface area contributed by atoms with Crippen molar-refractivity contribution in [2.75, 3.05) is 7.05 Å². The number of hydrogen-bond donors (Lipinski definition) is 1. The summed E-state index contributed by atoms with van der Waals surface area (Å²) in [7, 11) is 3.97. The Balaban J connectivity index is 1.98. The molecule has 2 aromatic rings. The van der Waals surface area contributed by atoms with Gasteiger partial charge in [-0.05, 0) is 39.3 Å². The van der Waals surface area contributed by atoms with E-state index in [1.54, 1.807) is 0 Å². The van der Waals surface area contributed by atoms with Crippen molar-refractivity contribution in [3.63, 3.8) is 0 Å². The van der Waals surface area contributed by atoms with Crippen LogP contribution in [0.25, 0.3) is 0 Å². The minimum atomic E-state index is 0.401. The highest BCUT2D eigenvalue weighted by atomic mass is 35.5. The maximum Gasteiger partial charge on any atom is 0.0847 e. The molecule has 21 heavy (non-hydrogen) atoms. The summed E-state index contributed by atoms with van der Waals surface area (Å²) in [5.74, 6) is 0. The second-order valence-electron chi connectivity index (χ2n) is 5.68. The molecule has 0 aliphatic heterocycles.